The Morgan fingerprint density at radius 2 is 2.31 bits per heavy atom. The molecule has 2 rings (SSSR count). The normalized spacial score (nSPS) is 34.8. The van der Waals surface area contributed by atoms with Gasteiger partial charge in [-0.15, -0.1) is 0 Å². The van der Waals surface area contributed by atoms with Crippen molar-refractivity contribution in [2.45, 2.75) is 26.0 Å². The Labute approximate surface area is 97.5 Å². The number of hydrogen-bond donors (Lipinski definition) is 1. The minimum absolute atomic E-state index is 0.241. The van der Waals surface area contributed by atoms with Crippen molar-refractivity contribution in [3.8, 4) is 0 Å². The standard InChI is InChI=1S/C13H21NO2/c1-9-6-11(8-15-3)7-12-10(2)14-4-5-16-13(9)12/h6-7,9-10,13-14H,4-5,8H2,1-3H3. The monoisotopic (exact) mass is 223 g/mol. The van der Waals surface area contributed by atoms with Gasteiger partial charge in [0.25, 0.3) is 0 Å². The van der Waals surface area contributed by atoms with Gasteiger partial charge in [0.05, 0.1) is 19.3 Å². The lowest BCUT2D eigenvalue weighted by Gasteiger charge is -2.30. The first-order chi connectivity index (χ1) is 7.72. The molecule has 3 nitrogen and oxygen atoms in total. The first kappa shape index (κ1) is 11.8. The van der Waals surface area contributed by atoms with Gasteiger partial charge >= 0.3 is 0 Å². The number of fused-ring (bicyclic) bond motifs is 1. The van der Waals surface area contributed by atoms with Crippen molar-refractivity contribution in [1.29, 1.82) is 0 Å². The molecule has 0 radical (unpaired) electrons. The lowest BCUT2D eigenvalue weighted by molar-refractivity contribution is 0.0633. The topological polar surface area (TPSA) is 30.5 Å². The van der Waals surface area contributed by atoms with Crippen molar-refractivity contribution in [2.75, 3.05) is 26.9 Å². The Bertz CT molecular complexity index is 309. The van der Waals surface area contributed by atoms with Crippen molar-refractivity contribution in [3.05, 3.63) is 23.3 Å². The van der Waals surface area contributed by atoms with Crippen LogP contribution >= 0.6 is 0 Å². The fourth-order valence-electron chi connectivity index (χ4n) is 2.53. The summed E-state index contributed by atoms with van der Waals surface area (Å²) in [5, 5.41) is 3.47. The Morgan fingerprint density at radius 3 is 3.06 bits per heavy atom. The second-order valence-corrected chi connectivity index (χ2v) is 4.65. The van der Waals surface area contributed by atoms with Gasteiger partial charge in [-0.1, -0.05) is 19.1 Å². The molecule has 3 unspecified atom stereocenters. The molecular weight excluding hydrogens is 202 g/mol. The molecule has 1 heterocycles. The molecule has 0 amide bonds. The summed E-state index contributed by atoms with van der Waals surface area (Å²) in [4.78, 5) is 0. The Balaban J connectivity index is 2.23. The molecule has 16 heavy (non-hydrogen) atoms. The summed E-state index contributed by atoms with van der Waals surface area (Å²) in [6.45, 7) is 6.83. The van der Waals surface area contributed by atoms with Gasteiger partial charge in [0.1, 0.15) is 0 Å². The molecule has 3 atom stereocenters. The molecule has 0 aromatic heterocycles. The maximum absolute atomic E-state index is 5.90. The number of hydrogen-bond acceptors (Lipinski definition) is 3. The number of nitrogens with one attached hydrogen (secondary N) is 1. The maximum Gasteiger partial charge on any atom is 0.0863 e. The van der Waals surface area contributed by atoms with E-state index in [-0.39, 0.29) is 6.10 Å². The van der Waals surface area contributed by atoms with Crippen LogP contribution in [0.3, 0.4) is 0 Å². The molecule has 3 heteroatoms. The molecule has 0 aromatic rings. The molecule has 90 valence electrons. The summed E-state index contributed by atoms with van der Waals surface area (Å²) >= 11 is 0. The fourth-order valence-corrected chi connectivity index (χ4v) is 2.53. The van der Waals surface area contributed by atoms with Crippen LogP contribution in [-0.4, -0.2) is 39.0 Å². The van der Waals surface area contributed by atoms with E-state index in [2.05, 4.69) is 31.3 Å². The zero-order chi connectivity index (χ0) is 11.5. The second kappa shape index (κ2) is 5.13. The third-order valence-corrected chi connectivity index (χ3v) is 3.30. The van der Waals surface area contributed by atoms with Gasteiger partial charge in [-0.25, -0.2) is 0 Å². The number of rotatable bonds is 2. The molecule has 1 aliphatic heterocycles. The van der Waals surface area contributed by atoms with Crippen molar-refractivity contribution in [1.82, 2.24) is 5.32 Å². The SMILES string of the molecule is COCC1=CC(C)C2OCCNC(C)C2=C1. The van der Waals surface area contributed by atoms with Crippen LogP contribution in [0.4, 0.5) is 0 Å². The highest BCUT2D eigenvalue weighted by Crippen LogP contribution is 2.29. The van der Waals surface area contributed by atoms with Crippen LogP contribution in [0, 0.1) is 5.92 Å². The van der Waals surface area contributed by atoms with E-state index in [1.54, 1.807) is 7.11 Å². The van der Waals surface area contributed by atoms with Gasteiger partial charge in [-0.05, 0) is 18.1 Å². The highest BCUT2D eigenvalue weighted by atomic mass is 16.5. The van der Waals surface area contributed by atoms with Crippen LogP contribution in [0.25, 0.3) is 0 Å². The van der Waals surface area contributed by atoms with Crippen LogP contribution in [0.5, 0.6) is 0 Å². The summed E-state index contributed by atoms with van der Waals surface area (Å²) < 4.78 is 11.1. The zero-order valence-corrected chi connectivity index (χ0v) is 10.3. The smallest absolute Gasteiger partial charge is 0.0863 e. The van der Waals surface area contributed by atoms with Crippen molar-refractivity contribution in [3.63, 3.8) is 0 Å². The van der Waals surface area contributed by atoms with Crippen LogP contribution in [0.2, 0.25) is 0 Å². The molecule has 0 saturated carbocycles. The lowest BCUT2D eigenvalue weighted by Crippen LogP contribution is -2.34. The van der Waals surface area contributed by atoms with E-state index < -0.39 is 0 Å². The summed E-state index contributed by atoms with van der Waals surface area (Å²) in [6, 6.07) is 0.399. The van der Waals surface area contributed by atoms with Gasteiger partial charge in [0.2, 0.25) is 0 Å². The average molecular weight is 223 g/mol. The summed E-state index contributed by atoms with van der Waals surface area (Å²) in [5.74, 6) is 0.437. The average Bonchev–Trinajstić information content (AvgIpc) is 2.43. The van der Waals surface area contributed by atoms with Gasteiger partial charge in [-0.2, -0.15) is 0 Å². The van der Waals surface area contributed by atoms with E-state index in [0.29, 0.717) is 18.6 Å². The Kier molecular flexibility index (Phi) is 3.79. The van der Waals surface area contributed by atoms with Gasteiger partial charge < -0.3 is 14.8 Å². The van der Waals surface area contributed by atoms with E-state index in [1.165, 1.54) is 11.1 Å². The van der Waals surface area contributed by atoms with Crippen molar-refractivity contribution in [2.24, 2.45) is 5.92 Å². The van der Waals surface area contributed by atoms with E-state index in [1.807, 2.05) is 0 Å². The predicted octanol–water partition coefficient (Wildman–Crippen LogP) is 1.51. The van der Waals surface area contributed by atoms with E-state index >= 15 is 0 Å². The summed E-state index contributed by atoms with van der Waals surface area (Å²) in [5.41, 5.74) is 2.62. The minimum atomic E-state index is 0.241. The fraction of sp³-hybridized carbons (Fsp3) is 0.692. The molecule has 0 aromatic carbocycles. The van der Waals surface area contributed by atoms with Crippen molar-refractivity contribution < 1.29 is 9.47 Å². The van der Waals surface area contributed by atoms with Crippen LogP contribution in [0.15, 0.2) is 23.3 Å². The van der Waals surface area contributed by atoms with E-state index in [9.17, 15) is 0 Å². The van der Waals surface area contributed by atoms with Gasteiger partial charge in [-0.3, -0.25) is 0 Å². The largest absolute Gasteiger partial charge is 0.380 e. The molecular formula is C13H21NO2. The van der Waals surface area contributed by atoms with Gasteiger partial charge in [0.15, 0.2) is 0 Å². The first-order valence-electron chi connectivity index (χ1n) is 5.98. The van der Waals surface area contributed by atoms with E-state index in [0.717, 1.165) is 13.2 Å². The third-order valence-electron chi connectivity index (χ3n) is 3.30. The summed E-state index contributed by atoms with van der Waals surface area (Å²) in [7, 11) is 1.74. The minimum Gasteiger partial charge on any atom is -0.380 e. The molecule has 1 N–H and O–H groups in total. The lowest BCUT2D eigenvalue weighted by atomic mass is 9.85. The van der Waals surface area contributed by atoms with E-state index in [4.69, 9.17) is 9.47 Å². The zero-order valence-electron chi connectivity index (χ0n) is 10.3. The molecule has 1 fully saturated rings. The Morgan fingerprint density at radius 1 is 1.50 bits per heavy atom. The molecule has 0 bridgehead atoms. The summed E-state index contributed by atoms with van der Waals surface area (Å²) in [6.07, 6.45) is 4.73. The second-order valence-electron chi connectivity index (χ2n) is 4.65. The molecule has 1 saturated heterocycles. The highest BCUT2D eigenvalue weighted by Gasteiger charge is 2.29. The van der Waals surface area contributed by atoms with Crippen molar-refractivity contribution >= 4 is 0 Å². The molecule has 0 spiro atoms. The number of methoxy groups -OCH3 is 1. The maximum atomic E-state index is 5.90. The van der Waals surface area contributed by atoms with Crippen LogP contribution < -0.4 is 5.32 Å². The number of ether oxygens (including phenoxy) is 2. The quantitative estimate of drug-likeness (QED) is 0.770. The molecule has 1 aliphatic carbocycles. The van der Waals surface area contributed by atoms with Gasteiger partial charge in [0, 0.05) is 25.6 Å². The molecule has 2 aliphatic rings. The van der Waals surface area contributed by atoms with Crippen LogP contribution in [0.1, 0.15) is 13.8 Å². The van der Waals surface area contributed by atoms with Crippen LogP contribution in [-0.2, 0) is 9.47 Å². The first-order valence-corrected chi connectivity index (χ1v) is 5.98. The predicted molar refractivity (Wildman–Crippen MR) is 64.4 cm³/mol. The Hall–Kier alpha value is -0.640. The third kappa shape index (κ3) is 2.37. The highest BCUT2D eigenvalue weighted by molar-refractivity contribution is 5.35.